The van der Waals surface area contributed by atoms with Gasteiger partial charge in [-0.05, 0) is 31.0 Å². The van der Waals surface area contributed by atoms with Gasteiger partial charge in [-0.3, -0.25) is 0 Å². The van der Waals surface area contributed by atoms with E-state index in [2.05, 4.69) is 36.4 Å². The molecule has 0 aliphatic carbocycles. The third-order valence-electron chi connectivity index (χ3n) is 3.71. The molecule has 20 heavy (non-hydrogen) atoms. The van der Waals surface area contributed by atoms with Gasteiger partial charge in [0.05, 0.1) is 11.7 Å². The summed E-state index contributed by atoms with van der Waals surface area (Å²) in [7, 11) is 0. The summed E-state index contributed by atoms with van der Waals surface area (Å²) in [5.41, 5.74) is 2.49. The van der Waals surface area contributed by atoms with Gasteiger partial charge < -0.3 is 5.32 Å². The molecule has 0 saturated carbocycles. The van der Waals surface area contributed by atoms with Crippen LogP contribution in [0.1, 0.15) is 51.5 Å². The predicted octanol–water partition coefficient (Wildman–Crippen LogP) is 4.03. The Morgan fingerprint density at radius 2 is 2.00 bits per heavy atom. The monoisotopic (exact) mass is 273 g/mol. The molecule has 0 amide bonds. The van der Waals surface area contributed by atoms with Gasteiger partial charge >= 0.3 is 0 Å². The molecule has 0 aliphatic heterocycles. The number of aromatic nitrogens is 2. The van der Waals surface area contributed by atoms with Crippen LogP contribution >= 0.6 is 0 Å². The van der Waals surface area contributed by atoms with Crippen molar-refractivity contribution in [2.75, 3.05) is 6.54 Å². The first kappa shape index (κ1) is 15.0. The van der Waals surface area contributed by atoms with Crippen LogP contribution in [0.4, 0.5) is 0 Å². The minimum absolute atomic E-state index is 0.851. The molecule has 1 N–H and O–H groups in total. The molecular weight excluding hydrogens is 246 g/mol. The van der Waals surface area contributed by atoms with Gasteiger partial charge in [0, 0.05) is 18.3 Å². The zero-order valence-corrected chi connectivity index (χ0v) is 12.8. The topological polar surface area (TPSA) is 29.3 Å². The first-order chi connectivity index (χ1) is 9.77. The van der Waals surface area contributed by atoms with Crippen molar-refractivity contribution < 1.29 is 0 Å². The summed E-state index contributed by atoms with van der Waals surface area (Å²) in [6, 6.07) is 6.19. The molecule has 3 nitrogen and oxygen atoms in total. The van der Waals surface area contributed by atoms with Gasteiger partial charge in [0.25, 0.3) is 0 Å². The molecule has 2 aromatic heterocycles. The van der Waals surface area contributed by atoms with Crippen molar-refractivity contribution in [2.45, 2.75) is 52.5 Å². The Morgan fingerprint density at radius 3 is 2.85 bits per heavy atom. The fourth-order valence-corrected chi connectivity index (χ4v) is 2.50. The van der Waals surface area contributed by atoms with E-state index in [4.69, 9.17) is 0 Å². The number of unbranched alkanes of at least 4 members (excludes halogenated alkanes) is 3. The van der Waals surface area contributed by atoms with E-state index in [-0.39, 0.29) is 0 Å². The Kier molecular flexibility index (Phi) is 6.06. The molecule has 0 unspecified atom stereocenters. The maximum absolute atomic E-state index is 4.35. The lowest BCUT2D eigenvalue weighted by Gasteiger charge is -2.05. The van der Waals surface area contributed by atoms with E-state index in [1.54, 1.807) is 0 Å². The van der Waals surface area contributed by atoms with Gasteiger partial charge in [-0.2, -0.15) is 5.10 Å². The SMILES string of the molecule is CC(C)CCCCCCNCc1cnn2ccccc12. The quantitative estimate of drug-likeness (QED) is 0.699. The molecule has 2 heterocycles. The molecule has 0 radical (unpaired) electrons. The number of nitrogens with one attached hydrogen (secondary N) is 1. The number of fused-ring (bicyclic) bond motifs is 1. The molecule has 0 bridgehead atoms. The first-order valence-electron chi connectivity index (χ1n) is 7.89. The zero-order valence-electron chi connectivity index (χ0n) is 12.8. The highest BCUT2D eigenvalue weighted by Gasteiger charge is 2.01. The smallest absolute Gasteiger partial charge is 0.0706 e. The van der Waals surface area contributed by atoms with E-state index in [0.29, 0.717) is 0 Å². The normalized spacial score (nSPS) is 11.6. The molecule has 0 atom stereocenters. The molecule has 0 spiro atoms. The molecule has 2 rings (SSSR count). The lowest BCUT2D eigenvalue weighted by molar-refractivity contribution is 0.512. The second kappa shape index (κ2) is 8.05. The number of pyridine rings is 1. The molecular formula is C17H27N3. The van der Waals surface area contributed by atoms with Crippen LogP contribution in [0.25, 0.3) is 5.52 Å². The minimum atomic E-state index is 0.851. The molecule has 0 saturated heterocycles. The lowest BCUT2D eigenvalue weighted by Crippen LogP contribution is -2.14. The minimum Gasteiger partial charge on any atom is -0.313 e. The molecule has 3 heteroatoms. The van der Waals surface area contributed by atoms with Gasteiger partial charge in [0.2, 0.25) is 0 Å². The standard InChI is InChI=1S/C17H27N3/c1-15(2)9-5-3-4-7-11-18-13-16-14-19-20-12-8-6-10-17(16)20/h6,8,10,12,14-15,18H,3-5,7,9,11,13H2,1-2H3. The largest absolute Gasteiger partial charge is 0.313 e. The van der Waals surface area contributed by atoms with Crippen molar-refractivity contribution in [2.24, 2.45) is 5.92 Å². The second-order valence-electron chi connectivity index (χ2n) is 5.97. The second-order valence-corrected chi connectivity index (χ2v) is 5.97. The van der Waals surface area contributed by atoms with E-state index < -0.39 is 0 Å². The van der Waals surface area contributed by atoms with E-state index in [0.717, 1.165) is 19.0 Å². The lowest BCUT2D eigenvalue weighted by atomic mass is 10.0. The summed E-state index contributed by atoms with van der Waals surface area (Å²) in [5, 5.41) is 7.88. The van der Waals surface area contributed by atoms with Crippen LogP contribution < -0.4 is 5.32 Å². The van der Waals surface area contributed by atoms with Crippen molar-refractivity contribution >= 4 is 5.52 Å². The summed E-state index contributed by atoms with van der Waals surface area (Å²) < 4.78 is 1.93. The van der Waals surface area contributed by atoms with E-state index in [1.807, 2.05) is 23.0 Å². The average molecular weight is 273 g/mol. The summed E-state index contributed by atoms with van der Waals surface area (Å²) in [5.74, 6) is 0.851. The highest BCUT2D eigenvalue weighted by Crippen LogP contribution is 2.10. The van der Waals surface area contributed by atoms with E-state index >= 15 is 0 Å². The summed E-state index contributed by atoms with van der Waals surface area (Å²) in [6.45, 7) is 6.63. The highest BCUT2D eigenvalue weighted by atomic mass is 15.2. The molecule has 0 fully saturated rings. The van der Waals surface area contributed by atoms with E-state index in [1.165, 1.54) is 43.2 Å². The van der Waals surface area contributed by atoms with Crippen molar-refractivity contribution in [3.63, 3.8) is 0 Å². The van der Waals surface area contributed by atoms with Crippen LogP contribution in [-0.2, 0) is 6.54 Å². The van der Waals surface area contributed by atoms with Crippen LogP contribution in [0.15, 0.2) is 30.6 Å². The number of hydrogen-bond acceptors (Lipinski definition) is 2. The zero-order chi connectivity index (χ0) is 14.2. The third-order valence-corrected chi connectivity index (χ3v) is 3.71. The maximum Gasteiger partial charge on any atom is 0.0706 e. The van der Waals surface area contributed by atoms with Crippen LogP contribution in [0.5, 0.6) is 0 Å². The van der Waals surface area contributed by atoms with Gasteiger partial charge in [0.1, 0.15) is 0 Å². The van der Waals surface area contributed by atoms with Crippen molar-refractivity contribution in [3.8, 4) is 0 Å². The summed E-state index contributed by atoms with van der Waals surface area (Å²) in [6.07, 6.45) is 10.7. The van der Waals surface area contributed by atoms with Crippen molar-refractivity contribution in [1.29, 1.82) is 0 Å². The highest BCUT2D eigenvalue weighted by molar-refractivity contribution is 5.53. The average Bonchev–Trinajstić information content (AvgIpc) is 2.85. The molecule has 2 aromatic rings. The van der Waals surface area contributed by atoms with Gasteiger partial charge in [0.15, 0.2) is 0 Å². The van der Waals surface area contributed by atoms with Gasteiger partial charge in [-0.15, -0.1) is 0 Å². The first-order valence-corrected chi connectivity index (χ1v) is 7.89. The Bertz CT molecular complexity index is 502. The van der Waals surface area contributed by atoms with Crippen LogP contribution in [0.3, 0.4) is 0 Å². The van der Waals surface area contributed by atoms with Crippen molar-refractivity contribution in [1.82, 2.24) is 14.9 Å². The number of rotatable bonds is 9. The maximum atomic E-state index is 4.35. The number of nitrogens with zero attached hydrogens (tertiary/aromatic N) is 2. The van der Waals surface area contributed by atoms with Crippen LogP contribution in [-0.4, -0.2) is 16.2 Å². The Morgan fingerprint density at radius 1 is 1.15 bits per heavy atom. The van der Waals surface area contributed by atoms with Crippen LogP contribution in [0.2, 0.25) is 0 Å². The summed E-state index contributed by atoms with van der Waals surface area (Å²) >= 11 is 0. The fraction of sp³-hybridized carbons (Fsp3) is 0.588. The van der Waals surface area contributed by atoms with Crippen molar-refractivity contribution in [3.05, 3.63) is 36.2 Å². The fourth-order valence-electron chi connectivity index (χ4n) is 2.50. The molecule has 0 aliphatic rings. The predicted molar refractivity (Wildman–Crippen MR) is 84.8 cm³/mol. The van der Waals surface area contributed by atoms with Crippen LogP contribution in [0, 0.1) is 5.92 Å². The molecule has 0 aromatic carbocycles. The third kappa shape index (κ3) is 4.64. The Labute approximate surface area is 122 Å². The Hall–Kier alpha value is -1.35. The molecule has 110 valence electrons. The summed E-state index contributed by atoms with van der Waals surface area (Å²) in [4.78, 5) is 0. The Balaban J connectivity index is 1.59. The van der Waals surface area contributed by atoms with Gasteiger partial charge in [-0.25, -0.2) is 4.52 Å². The van der Waals surface area contributed by atoms with Gasteiger partial charge in [-0.1, -0.05) is 45.6 Å². The van der Waals surface area contributed by atoms with E-state index in [9.17, 15) is 0 Å². The number of hydrogen-bond donors (Lipinski definition) is 1.